The van der Waals surface area contributed by atoms with Gasteiger partial charge in [0.2, 0.25) is 0 Å². The Hall–Kier alpha value is -2.70. The maximum atomic E-state index is 13.1. The first-order valence-corrected chi connectivity index (χ1v) is 6.39. The van der Waals surface area contributed by atoms with Crippen molar-refractivity contribution >= 4 is 16.6 Å². The molecule has 1 heterocycles. The lowest BCUT2D eigenvalue weighted by Gasteiger charge is -2.13. The van der Waals surface area contributed by atoms with Crippen molar-refractivity contribution in [3.05, 3.63) is 42.0 Å². The van der Waals surface area contributed by atoms with Gasteiger partial charge in [0.1, 0.15) is 5.75 Å². The standard InChI is InChI=1S/C15H12F3N3O/c1-22-13-5-2-8(6-11(13)15(16,17)18)14-10-7-9(19)3-4-12(10)20-21-14/h2-7H,19H2,1H3,(H,20,21). The Morgan fingerprint density at radius 2 is 1.91 bits per heavy atom. The molecule has 0 radical (unpaired) electrons. The number of nitrogens with two attached hydrogens (primary N) is 1. The maximum absolute atomic E-state index is 13.1. The van der Waals surface area contributed by atoms with E-state index in [1.165, 1.54) is 19.2 Å². The second-order valence-electron chi connectivity index (χ2n) is 4.79. The number of nitrogen functional groups attached to an aromatic ring is 1. The zero-order chi connectivity index (χ0) is 15.9. The monoisotopic (exact) mass is 307 g/mol. The van der Waals surface area contributed by atoms with Crippen LogP contribution in [0.1, 0.15) is 5.56 Å². The quantitative estimate of drug-likeness (QED) is 0.707. The summed E-state index contributed by atoms with van der Waals surface area (Å²) in [7, 11) is 1.20. The van der Waals surface area contributed by atoms with Gasteiger partial charge in [-0.1, -0.05) is 0 Å². The Balaban J connectivity index is 2.21. The highest BCUT2D eigenvalue weighted by Crippen LogP contribution is 2.39. The molecule has 0 bridgehead atoms. The molecule has 2 aromatic carbocycles. The van der Waals surface area contributed by atoms with E-state index in [1.54, 1.807) is 18.2 Å². The molecule has 0 aliphatic carbocycles. The van der Waals surface area contributed by atoms with Gasteiger partial charge in [0, 0.05) is 16.6 Å². The summed E-state index contributed by atoms with van der Waals surface area (Å²) in [6, 6.07) is 8.94. The highest BCUT2D eigenvalue weighted by atomic mass is 19.4. The number of aromatic nitrogens is 2. The lowest BCUT2D eigenvalue weighted by atomic mass is 10.0. The average Bonchev–Trinajstić information content (AvgIpc) is 2.88. The van der Waals surface area contributed by atoms with E-state index in [0.29, 0.717) is 27.8 Å². The molecular formula is C15H12F3N3O. The molecule has 0 unspecified atom stereocenters. The minimum absolute atomic E-state index is 0.226. The van der Waals surface area contributed by atoms with E-state index < -0.39 is 11.7 Å². The fourth-order valence-electron chi connectivity index (χ4n) is 2.33. The number of anilines is 1. The van der Waals surface area contributed by atoms with Crippen LogP contribution in [-0.4, -0.2) is 17.3 Å². The molecule has 3 aromatic rings. The minimum Gasteiger partial charge on any atom is -0.496 e. The van der Waals surface area contributed by atoms with Crippen LogP contribution in [0.25, 0.3) is 22.2 Å². The molecule has 0 amide bonds. The highest BCUT2D eigenvalue weighted by Gasteiger charge is 2.34. The second-order valence-corrected chi connectivity index (χ2v) is 4.79. The summed E-state index contributed by atoms with van der Waals surface area (Å²) in [5, 5.41) is 7.54. The number of aromatic amines is 1. The zero-order valence-corrected chi connectivity index (χ0v) is 11.5. The average molecular weight is 307 g/mol. The van der Waals surface area contributed by atoms with Crippen LogP contribution >= 0.6 is 0 Å². The Kier molecular flexibility index (Phi) is 3.20. The van der Waals surface area contributed by atoms with Gasteiger partial charge < -0.3 is 10.5 Å². The first-order valence-electron chi connectivity index (χ1n) is 6.39. The summed E-state index contributed by atoms with van der Waals surface area (Å²) >= 11 is 0. The highest BCUT2D eigenvalue weighted by molar-refractivity contribution is 5.94. The Bertz CT molecular complexity index is 840. The van der Waals surface area contributed by atoms with Gasteiger partial charge in [0.05, 0.1) is 23.9 Å². The third-order valence-electron chi connectivity index (χ3n) is 3.37. The summed E-state index contributed by atoms with van der Waals surface area (Å²) in [6.07, 6.45) is -4.51. The number of alkyl halides is 3. The van der Waals surface area contributed by atoms with Gasteiger partial charge >= 0.3 is 6.18 Å². The third kappa shape index (κ3) is 2.34. The van der Waals surface area contributed by atoms with Crippen molar-refractivity contribution in [2.75, 3.05) is 12.8 Å². The zero-order valence-electron chi connectivity index (χ0n) is 11.5. The van der Waals surface area contributed by atoms with Gasteiger partial charge in [-0.15, -0.1) is 0 Å². The van der Waals surface area contributed by atoms with Gasteiger partial charge in [-0.3, -0.25) is 5.10 Å². The molecule has 0 fully saturated rings. The van der Waals surface area contributed by atoms with Crippen LogP contribution in [0.3, 0.4) is 0 Å². The van der Waals surface area contributed by atoms with Gasteiger partial charge in [-0.05, 0) is 36.4 Å². The topological polar surface area (TPSA) is 63.9 Å². The van der Waals surface area contributed by atoms with E-state index in [9.17, 15) is 13.2 Å². The summed E-state index contributed by atoms with van der Waals surface area (Å²) in [6.45, 7) is 0. The predicted molar refractivity (Wildman–Crippen MR) is 77.5 cm³/mol. The van der Waals surface area contributed by atoms with Crippen molar-refractivity contribution in [2.24, 2.45) is 0 Å². The molecule has 114 valence electrons. The molecule has 0 saturated carbocycles. The van der Waals surface area contributed by atoms with Crippen molar-refractivity contribution < 1.29 is 17.9 Å². The van der Waals surface area contributed by atoms with E-state index in [2.05, 4.69) is 10.2 Å². The lowest BCUT2D eigenvalue weighted by molar-refractivity contribution is -0.138. The summed E-state index contributed by atoms with van der Waals surface area (Å²) in [5.74, 6) is -0.226. The van der Waals surface area contributed by atoms with Crippen LogP contribution in [0, 0.1) is 0 Å². The summed E-state index contributed by atoms with van der Waals surface area (Å²) in [5.41, 5.74) is 6.86. The molecular weight excluding hydrogens is 295 g/mol. The lowest BCUT2D eigenvalue weighted by Crippen LogP contribution is -2.07. The molecule has 3 N–H and O–H groups in total. The Morgan fingerprint density at radius 3 is 2.59 bits per heavy atom. The van der Waals surface area contributed by atoms with Crippen LogP contribution in [0.5, 0.6) is 5.75 Å². The van der Waals surface area contributed by atoms with Crippen LogP contribution in [0.2, 0.25) is 0 Å². The number of hydrogen-bond donors (Lipinski definition) is 2. The van der Waals surface area contributed by atoms with Gasteiger partial charge in [0.15, 0.2) is 0 Å². The molecule has 7 heteroatoms. The number of nitrogens with one attached hydrogen (secondary N) is 1. The molecule has 0 spiro atoms. The minimum atomic E-state index is -4.51. The molecule has 0 atom stereocenters. The molecule has 4 nitrogen and oxygen atoms in total. The summed E-state index contributed by atoms with van der Waals surface area (Å²) in [4.78, 5) is 0. The van der Waals surface area contributed by atoms with Crippen molar-refractivity contribution in [3.8, 4) is 17.0 Å². The number of methoxy groups -OCH3 is 1. The maximum Gasteiger partial charge on any atom is 0.419 e. The largest absolute Gasteiger partial charge is 0.496 e. The fraction of sp³-hybridized carbons (Fsp3) is 0.133. The van der Waals surface area contributed by atoms with E-state index in [-0.39, 0.29) is 5.75 Å². The number of hydrogen-bond acceptors (Lipinski definition) is 3. The van der Waals surface area contributed by atoms with Crippen LogP contribution in [0.15, 0.2) is 36.4 Å². The fourth-order valence-corrected chi connectivity index (χ4v) is 2.33. The molecule has 22 heavy (non-hydrogen) atoms. The van der Waals surface area contributed by atoms with Gasteiger partial charge in [-0.2, -0.15) is 18.3 Å². The summed E-state index contributed by atoms with van der Waals surface area (Å²) < 4.78 is 44.1. The number of ether oxygens (including phenoxy) is 1. The van der Waals surface area contributed by atoms with E-state index in [0.717, 1.165) is 6.07 Å². The SMILES string of the molecule is COc1ccc(-c2n[nH]c3ccc(N)cc23)cc1C(F)(F)F. The number of rotatable bonds is 2. The van der Waals surface area contributed by atoms with Crippen LogP contribution in [0.4, 0.5) is 18.9 Å². The number of nitrogens with zero attached hydrogens (tertiary/aromatic N) is 1. The number of fused-ring (bicyclic) bond motifs is 1. The van der Waals surface area contributed by atoms with E-state index in [1.807, 2.05) is 0 Å². The van der Waals surface area contributed by atoms with E-state index in [4.69, 9.17) is 10.5 Å². The van der Waals surface area contributed by atoms with Crippen molar-refractivity contribution in [1.82, 2.24) is 10.2 Å². The third-order valence-corrected chi connectivity index (χ3v) is 3.37. The Labute approximate surface area is 123 Å². The van der Waals surface area contributed by atoms with Crippen molar-refractivity contribution in [3.63, 3.8) is 0 Å². The first-order chi connectivity index (χ1) is 10.4. The smallest absolute Gasteiger partial charge is 0.419 e. The first kappa shape index (κ1) is 14.2. The molecule has 0 saturated heterocycles. The van der Waals surface area contributed by atoms with Crippen LogP contribution in [-0.2, 0) is 6.18 Å². The molecule has 1 aromatic heterocycles. The van der Waals surface area contributed by atoms with Gasteiger partial charge in [0.25, 0.3) is 0 Å². The number of H-pyrrole nitrogens is 1. The molecule has 0 aliphatic rings. The van der Waals surface area contributed by atoms with Crippen molar-refractivity contribution in [1.29, 1.82) is 0 Å². The predicted octanol–water partition coefficient (Wildman–Crippen LogP) is 3.84. The normalized spacial score (nSPS) is 11.8. The molecule has 3 rings (SSSR count). The number of benzene rings is 2. The van der Waals surface area contributed by atoms with Crippen molar-refractivity contribution in [2.45, 2.75) is 6.18 Å². The van der Waals surface area contributed by atoms with E-state index >= 15 is 0 Å². The van der Waals surface area contributed by atoms with Crippen LogP contribution < -0.4 is 10.5 Å². The van der Waals surface area contributed by atoms with Gasteiger partial charge in [-0.25, -0.2) is 0 Å². The molecule has 0 aliphatic heterocycles. The number of halogens is 3. The Morgan fingerprint density at radius 1 is 1.14 bits per heavy atom. The second kappa shape index (κ2) is 4.94.